The van der Waals surface area contributed by atoms with Crippen molar-refractivity contribution >= 4 is 30.7 Å². The molecule has 1 aromatic rings. The first kappa shape index (κ1) is 21.2. The molecule has 0 bridgehead atoms. The average molecular weight is 379 g/mol. The Morgan fingerprint density at radius 3 is 2.88 bits per heavy atom. The van der Waals surface area contributed by atoms with E-state index in [-0.39, 0.29) is 48.3 Å². The highest BCUT2D eigenvalue weighted by atomic mass is 35.5. The summed E-state index contributed by atoms with van der Waals surface area (Å²) in [6.45, 7) is 4.59. The molecule has 1 saturated carbocycles. The lowest BCUT2D eigenvalue weighted by Crippen LogP contribution is -2.56. The summed E-state index contributed by atoms with van der Waals surface area (Å²) in [4.78, 5) is 14.8. The van der Waals surface area contributed by atoms with Crippen molar-refractivity contribution in [1.29, 1.82) is 0 Å². The second-order valence-corrected chi connectivity index (χ2v) is 6.81. The molecular formula is C16H28Cl2N4O2. The van der Waals surface area contributed by atoms with Crippen LogP contribution in [0.3, 0.4) is 0 Å². The molecule has 2 heterocycles. The van der Waals surface area contributed by atoms with Crippen molar-refractivity contribution in [1.82, 2.24) is 14.7 Å². The standard InChI is InChI=1S/C16H26N4O2.2ClH/c1-16(17)6-3-2-5-14(16)15(21)19-9-10-22-13(11-19)12-20-8-4-7-18-20;;/h4,7-8,13-14H,2-3,5-6,9-12,17H2,1H3;2*1H. The number of hydrogen-bond donors (Lipinski definition) is 1. The van der Waals surface area contributed by atoms with Crippen LogP contribution in [0.15, 0.2) is 18.5 Å². The number of amides is 1. The zero-order chi connectivity index (χ0) is 15.6. The quantitative estimate of drug-likeness (QED) is 0.870. The normalized spacial score (nSPS) is 30.2. The van der Waals surface area contributed by atoms with Crippen LogP contribution < -0.4 is 5.73 Å². The molecule has 2 N–H and O–H groups in total. The minimum absolute atomic E-state index is 0. The number of nitrogens with zero attached hydrogens (tertiary/aromatic N) is 3. The molecule has 3 unspecified atom stereocenters. The number of carbonyl (C=O) groups is 1. The Labute approximate surface area is 155 Å². The number of rotatable bonds is 3. The summed E-state index contributed by atoms with van der Waals surface area (Å²) in [5, 5.41) is 4.21. The molecule has 1 saturated heterocycles. The molecule has 3 rings (SSSR count). The fourth-order valence-corrected chi connectivity index (χ4v) is 3.63. The third-order valence-corrected chi connectivity index (χ3v) is 4.95. The van der Waals surface area contributed by atoms with Crippen molar-refractivity contribution < 1.29 is 9.53 Å². The van der Waals surface area contributed by atoms with Crippen molar-refractivity contribution in [3.63, 3.8) is 0 Å². The maximum absolute atomic E-state index is 12.9. The monoisotopic (exact) mass is 378 g/mol. The van der Waals surface area contributed by atoms with Crippen LogP contribution in [0.1, 0.15) is 32.6 Å². The van der Waals surface area contributed by atoms with Crippen LogP contribution >= 0.6 is 24.8 Å². The van der Waals surface area contributed by atoms with Gasteiger partial charge in [0, 0.05) is 31.0 Å². The number of morpholine rings is 1. The average Bonchev–Trinajstić information content (AvgIpc) is 2.99. The van der Waals surface area contributed by atoms with E-state index in [4.69, 9.17) is 10.5 Å². The summed E-state index contributed by atoms with van der Waals surface area (Å²) in [7, 11) is 0. The number of carbonyl (C=O) groups excluding carboxylic acids is 1. The van der Waals surface area contributed by atoms with Crippen molar-refractivity contribution in [2.45, 2.75) is 50.8 Å². The lowest BCUT2D eigenvalue weighted by atomic mass is 9.74. The Bertz CT molecular complexity index is 510. The van der Waals surface area contributed by atoms with E-state index < -0.39 is 0 Å². The number of hydrogen-bond acceptors (Lipinski definition) is 4. The topological polar surface area (TPSA) is 73.4 Å². The minimum atomic E-state index is -0.370. The molecule has 1 aromatic heterocycles. The molecule has 2 aliphatic rings. The molecule has 24 heavy (non-hydrogen) atoms. The third kappa shape index (κ3) is 4.85. The van der Waals surface area contributed by atoms with Crippen molar-refractivity contribution in [3.8, 4) is 0 Å². The highest BCUT2D eigenvalue weighted by molar-refractivity contribution is 5.85. The molecule has 1 aliphatic carbocycles. The van der Waals surface area contributed by atoms with Crippen LogP contribution in [-0.4, -0.2) is 51.9 Å². The predicted molar refractivity (Wildman–Crippen MR) is 97.6 cm³/mol. The van der Waals surface area contributed by atoms with Gasteiger partial charge in [-0.3, -0.25) is 9.48 Å². The van der Waals surface area contributed by atoms with E-state index in [9.17, 15) is 4.79 Å². The summed E-state index contributed by atoms with van der Waals surface area (Å²) in [6, 6.07) is 1.90. The van der Waals surface area contributed by atoms with Crippen LogP contribution in [0.4, 0.5) is 0 Å². The molecule has 2 fully saturated rings. The van der Waals surface area contributed by atoms with Crippen molar-refractivity contribution in [2.75, 3.05) is 19.7 Å². The second-order valence-electron chi connectivity index (χ2n) is 6.81. The molecule has 0 radical (unpaired) electrons. The van der Waals surface area contributed by atoms with Crippen molar-refractivity contribution in [3.05, 3.63) is 18.5 Å². The highest BCUT2D eigenvalue weighted by Crippen LogP contribution is 2.33. The van der Waals surface area contributed by atoms with Gasteiger partial charge in [-0.05, 0) is 25.8 Å². The molecular weight excluding hydrogens is 351 g/mol. The predicted octanol–water partition coefficient (Wildman–Crippen LogP) is 1.86. The fourth-order valence-electron chi connectivity index (χ4n) is 3.63. The van der Waals surface area contributed by atoms with E-state index in [1.165, 1.54) is 0 Å². The van der Waals surface area contributed by atoms with Gasteiger partial charge in [-0.2, -0.15) is 5.10 Å². The van der Waals surface area contributed by atoms with Gasteiger partial charge in [-0.1, -0.05) is 12.8 Å². The van der Waals surface area contributed by atoms with Crippen molar-refractivity contribution in [2.24, 2.45) is 11.7 Å². The Morgan fingerprint density at radius 2 is 2.21 bits per heavy atom. The fraction of sp³-hybridized carbons (Fsp3) is 0.750. The first-order chi connectivity index (χ1) is 10.6. The Balaban J connectivity index is 0.00000144. The SMILES string of the molecule is CC1(N)CCCCC1C(=O)N1CCOC(Cn2cccn2)C1.Cl.Cl. The van der Waals surface area contributed by atoms with Gasteiger partial charge in [-0.15, -0.1) is 24.8 Å². The van der Waals surface area contributed by atoms with E-state index in [1.807, 2.05) is 28.8 Å². The van der Waals surface area contributed by atoms with Gasteiger partial charge in [0.2, 0.25) is 5.91 Å². The van der Waals surface area contributed by atoms with Crippen LogP contribution in [0.5, 0.6) is 0 Å². The van der Waals surface area contributed by atoms with E-state index >= 15 is 0 Å². The smallest absolute Gasteiger partial charge is 0.227 e. The molecule has 1 amide bonds. The Hall–Kier alpha value is -0.820. The Kier molecular flexibility index (Phi) is 7.99. The summed E-state index contributed by atoms with van der Waals surface area (Å²) < 4.78 is 7.64. The number of halogens is 2. The number of nitrogens with two attached hydrogens (primary N) is 1. The zero-order valence-electron chi connectivity index (χ0n) is 14.1. The maximum atomic E-state index is 12.9. The van der Waals surface area contributed by atoms with E-state index in [2.05, 4.69) is 5.10 Å². The third-order valence-electron chi connectivity index (χ3n) is 4.95. The van der Waals surface area contributed by atoms with Crippen LogP contribution in [0.25, 0.3) is 0 Å². The van der Waals surface area contributed by atoms with Crippen LogP contribution in [-0.2, 0) is 16.1 Å². The van der Waals surface area contributed by atoms with Gasteiger partial charge in [0.15, 0.2) is 0 Å². The van der Waals surface area contributed by atoms with Gasteiger partial charge < -0.3 is 15.4 Å². The zero-order valence-corrected chi connectivity index (χ0v) is 15.7. The minimum Gasteiger partial charge on any atom is -0.373 e. The maximum Gasteiger partial charge on any atom is 0.227 e. The van der Waals surface area contributed by atoms with E-state index in [1.54, 1.807) is 6.20 Å². The van der Waals surface area contributed by atoms with Crippen LogP contribution in [0, 0.1) is 5.92 Å². The second kappa shape index (κ2) is 9.04. The van der Waals surface area contributed by atoms with Gasteiger partial charge in [0.05, 0.1) is 25.2 Å². The molecule has 3 atom stereocenters. The lowest BCUT2D eigenvalue weighted by molar-refractivity contribution is -0.147. The summed E-state index contributed by atoms with van der Waals surface area (Å²) in [5.74, 6) is 0.156. The molecule has 8 heteroatoms. The molecule has 6 nitrogen and oxygen atoms in total. The Morgan fingerprint density at radius 1 is 1.42 bits per heavy atom. The molecule has 1 aliphatic heterocycles. The first-order valence-corrected chi connectivity index (χ1v) is 8.23. The lowest BCUT2D eigenvalue weighted by Gasteiger charge is -2.42. The molecule has 0 aromatic carbocycles. The molecule has 0 spiro atoms. The number of aromatic nitrogens is 2. The van der Waals surface area contributed by atoms with Gasteiger partial charge in [0.1, 0.15) is 0 Å². The van der Waals surface area contributed by atoms with Gasteiger partial charge >= 0.3 is 0 Å². The summed E-state index contributed by atoms with van der Waals surface area (Å²) in [6.07, 6.45) is 7.75. The summed E-state index contributed by atoms with van der Waals surface area (Å²) in [5.41, 5.74) is 6.01. The van der Waals surface area contributed by atoms with Gasteiger partial charge in [-0.25, -0.2) is 0 Å². The van der Waals surface area contributed by atoms with E-state index in [0.29, 0.717) is 26.2 Å². The number of ether oxygens (including phenoxy) is 1. The largest absolute Gasteiger partial charge is 0.373 e. The summed E-state index contributed by atoms with van der Waals surface area (Å²) >= 11 is 0. The first-order valence-electron chi connectivity index (χ1n) is 8.23. The molecule has 138 valence electrons. The van der Waals surface area contributed by atoms with E-state index in [0.717, 1.165) is 25.7 Å². The van der Waals surface area contributed by atoms with Crippen LogP contribution in [0.2, 0.25) is 0 Å². The highest BCUT2D eigenvalue weighted by Gasteiger charge is 2.40. The van der Waals surface area contributed by atoms with Gasteiger partial charge in [0.25, 0.3) is 0 Å².